The number of alkyl halides is 6. The Hall–Kier alpha value is -4.38. The Labute approximate surface area is 330 Å². The molecular formula is C40H47F6N3O7S. The molecule has 2 fully saturated rings. The number of aromatic nitrogens is 1. The van der Waals surface area contributed by atoms with Gasteiger partial charge in [0.25, 0.3) is 11.8 Å². The lowest BCUT2D eigenvalue weighted by Crippen LogP contribution is -2.67. The number of halogens is 6. The van der Waals surface area contributed by atoms with Gasteiger partial charge in [-0.05, 0) is 63.6 Å². The van der Waals surface area contributed by atoms with E-state index in [1.165, 1.54) is 11.9 Å². The molecule has 3 aromatic rings. The van der Waals surface area contributed by atoms with Crippen LogP contribution in [0.15, 0.2) is 54.0 Å². The lowest BCUT2D eigenvalue weighted by atomic mass is 9.79. The first-order valence-electron chi connectivity index (χ1n) is 18.8. The van der Waals surface area contributed by atoms with Gasteiger partial charge in [0.2, 0.25) is 5.60 Å². The summed E-state index contributed by atoms with van der Waals surface area (Å²) in [6.45, 7) is 4.94. The van der Waals surface area contributed by atoms with Gasteiger partial charge in [0, 0.05) is 56.2 Å². The number of pyridine rings is 1. The van der Waals surface area contributed by atoms with E-state index in [1.807, 2.05) is 0 Å². The molecule has 3 heterocycles. The van der Waals surface area contributed by atoms with Gasteiger partial charge < -0.3 is 29.5 Å². The fourth-order valence-corrected chi connectivity index (χ4v) is 8.65. The Morgan fingerprint density at radius 1 is 1.04 bits per heavy atom. The SMILES string of the molecule is CCC[C@H]1N(C(=O)c2ncccc2C(F)(F)F)CCC[C@@]1(Oc1csc(C(F)(F)F)c1)C(=O)N(C)CCC(O)(CC)c1ccccc1O[C@@H]1CC[C@@](C)(C(=O)O)C1. The van der Waals surface area contributed by atoms with Crippen LogP contribution < -0.4 is 9.47 Å². The number of carboxylic acids is 1. The number of likely N-dealkylation sites (tertiary alicyclic amines) is 1. The van der Waals surface area contributed by atoms with Crippen LogP contribution >= 0.6 is 11.3 Å². The third kappa shape index (κ3) is 9.19. The number of thiophene rings is 1. The number of piperidine rings is 1. The Morgan fingerprint density at radius 3 is 2.35 bits per heavy atom. The van der Waals surface area contributed by atoms with Crippen LogP contribution in [0, 0.1) is 5.41 Å². The van der Waals surface area contributed by atoms with E-state index < -0.39 is 75.0 Å². The lowest BCUT2D eigenvalue weighted by molar-refractivity contribution is -0.158. The molecule has 2 aromatic heterocycles. The van der Waals surface area contributed by atoms with Gasteiger partial charge in [-0.15, -0.1) is 11.3 Å². The number of likely N-dealkylation sites (N-methyl/N-ethyl adjacent to an activating group) is 1. The summed E-state index contributed by atoms with van der Waals surface area (Å²) in [7, 11) is 1.43. The van der Waals surface area contributed by atoms with Crippen LogP contribution in [0.25, 0.3) is 0 Å². The largest absolute Gasteiger partial charge is 0.490 e. The first kappa shape index (κ1) is 43.7. The number of aliphatic carboxylic acids is 1. The monoisotopic (exact) mass is 827 g/mol. The quantitative estimate of drug-likeness (QED) is 0.155. The molecule has 1 aliphatic carbocycles. The molecule has 17 heteroatoms. The number of ether oxygens (including phenoxy) is 2. The fourth-order valence-electron chi connectivity index (χ4n) is 7.97. The van der Waals surface area contributed by atoms with Crippen LogP contribution in [0.4, 0.5) is 26.3 Å². The van der Waals surface area contributed by atoms with E-state index in [0.717, 1.165) is 34.7 Å². The van der Waals surface area contributed by atoms with Gasteiger partial charge in [0.05, 0.1) is 28.7 Å². The van der Waals surface area contributed by atoms with Crippen molar-refractivity contribution in [1.82, 2.24) is 14.8 Å². The molecule has 1 aliphatic heterocycles. The van der Waals surface area contributed by atoms with E-state index in [1.54, 1.807) is 45.0 Å². The third-order valence-corrected chi connectivity index (χ3v) is 12.2. The predicted octanol–water partition coefficient (Wildman–Crippen LogP) is 8.57. The molecule has 2 amide bonds. The molecule has 5 atom stereocenters. The number of carbonyl (C=O) groups excluding carboxylic acids is 2. The van der Waals surface area contributed by atoms with Crippen molar-refractivity contribution < 1.29 is 60.4 Å². The molecule has 1 unspecified atom stereocenters. The molecule has 57 heavy (non-hydrogen) atoms. The minimum Gasteiger partial charge on any atom is -0.490 e. The van der Waals surface area contributed by atoms with Crippen LogP contribution in [0.1, 0.15) is 105 Å². The first-order valence-corrected chi connectivity index (χ1v) is 19.7. The number of hydrogen-bond donors (Lipinski definition) is 2. The molecular weight excluding hydrogens is 781 g/mol. The smallest absolute Gasteiger partial charge is 0.425 e. The van der Waals surface area contributed by atoms with Gasteiger partial charge in [-0.2, -0.15) is 26.3 Å². The van der Waals surface area contributed by atoms with Gasteiger partial charge in [-0.25, -0.2) is 0 Å². The van der Waals surface area contributed by atoms with Crippen molar-refractivity contribution in [3.8, 4) is 11.5 Å². The molecule has 0 radical (unpaired) electrons. The minimum absolute atomic E-state index is 0.0431. The molecule has 1 saturated heterocycles. The summed E-state index contributed by atoms with van der Waals surface area (Å²) in [4.78, 5) is 46.0. The molecule has 10 nitrogen and oxygen atoms in total. The number of hydrogen-bond acceptors (Lipinski definition) is 8. The number of para-hydroxylation sites is 1. The number of rotatable bonds is 14. The normalized spacial score (nSPS) is 23.8. The number of nitrogens with zero attached hydrogens (tertiary/aromatic N) is 3. The number of aliphatic hydroxyl groups is 1. The van der Waals surface area contributed by atoms with Crippen molar-refractivity contribution in [2.75, 3.05) is 20.1 Å². The van der Waals surface area contributed by atoms with E-state index in [9.17, 15) is 50.9 Å². The minimum atomic E-state index is -4.93. The van der Waals surface area contributed by atoms with Crippen LogP contribution in [0.3, 0.4) is 0 Å². The van der Waals surface area contributed by atoms with E-state index >= 15 is 0 Å². The van der Waals surface area contributed by atoms with Crippen molar-refractivity contribution in [2.45, 2.75) is 114 Å². The average Bonchev–Trinajstić information content (AvgIpc) is 3.81. The number of carbonyl (C=O) groups is 3. The maximum absolute atomic E-state index is 14.9. The molecule has 1 saturated carbocycles. The zero-order chi connectivity index (χ0) is 42.0. The predicted molar refractivity (Wildman–Crippen MR) is 198 cm³/mol. The summed E-state index contributed by atoms with van der Waals surface area (Å²) in [5, 5.41) is 22.9. The summed E-state index contributed by atoms with van der Waals surface area (Å²) in [6, 6.07) is 8.09. The zero-order valence-corrected chi connectivity index (χ0v) is 32.9. The Bertz CT molecular complexity index is 1920. The summed E-state index contributed by atoms with van der Waals surface area (Å²) >= 11 is 0.351. The first-order chi connectivity index (χ1) is 26.7. The van der Waals surface area contributed by atoms with Gasteiger partial charge in [-0.3, -0.25) is 19.4 Å². The maximum Gasteiger partial charge on any atom is 0.425 e. The molecule has 5 rings (SSSR count). The highest BCUT2D eigenvalue weighted by Gasteiger charge is 2.56. The number of amides is 2. The Balaban J connectivity index is 1.48. The van der Waals surface area contributed by atoms with E-state index in [2.05, 4.69) is 4.98 Å². The molecule has 0 bridgehead atoms. The molecule has 2 N–H and O–H groups in total. The highest BCUT2D eigenvalue weighted by molar-refractivity contribution is 7.10. The topological polar surface area (TPSA) is 130 Å². The number of carboxylic acid groups (broad SMARTS) is 1. The number of benzene rings is 1. The lowest BCUT2D eigenvalue weighted by Gasteiger charge is -2.49. The van der Waals surface area contributed by atoms with Crippen LogP contribution in [0.2, 0.25) is 0 Å². The second-order valence-corrected chi connectivity index (χ2v) is 16.1. The summed E-state index contributed by atoms with van der Waals surface area (Å²) in [5.74, 6) is -2.70. The molecule has 2 aliphatic rings. The van der Waals surface area contributed by atoms with E-state index in [4.69, 9.17) is 9.47 Å². The molecule has 312 valence electrons. The van der Waals surface area contributed by atoms with Gasteiger partial charge in [0.1, 0.15) is 22.1 Å². The summed E-state index contributed by atoms with van der Waals surface area (Å²) in [5.41, 5.74) is -6.31. The summed E-state index contributed by atoms with van der Waals surface area (Å²) in [6.07, 6.45) is -7.40. The summed E-state index contributed by atoms with van der Waals surface area (Å²) < 4.78 is 96.0. The van der Waals surface area contributed by atoms with Crippen molar-refractivity contribution in [2.24, 2.45) is 5.41 Å². The van der Waals surface area contributed by atoms with Crippen LogP contribution in [-0.4, -0.2) is 80.7 Å². The van der Waals surface area contributed by atoms with Crippen molar-refractivity contribution in [1.29, 1.82) is 0 Å². The second-order valence-electron chi connectivity index (χ2n) is 15.1. The fraction of sp³-hybridized carbons (Fsp3) is 0.550. The maximum atomic E-state index is 14.9. The third-order valence-electron chi connectivity index (χ3n) is 11.2. The van der Waals surface area contributed by atoms with Gasteiger partial charge >= 0.3 is 18.3 Å². The molecule has 1 aromatic carbocycles. The van der Waals surface area contributed by atoms with Gasteiger partial charge in [0.15, 0.2) is 0 Å². The van der Waals surface area contributed by atoms with Crippen molar-refractivity contribution in [3.05, 3.63) is 75.7 Å². The highest BCUT2D eigenvalue weighted by Crippen LogP contribution is 2.45. The van der Waals surface area contributed by atoms with E-state index in [0.29, 0.717) is 41.9 Å². The Morgan fingerprint density at radius 2 is 1.74 bits per heavy atom. The molecule has 0 spiro atoms. The van der Waals surface area contributed by atoms with Crippen molar-refractivity contribution in [3.63, 3.8) is 0 Å². The van der Waals surface area contributed by atoms with Crippen molar-refractivity contribution >= 4 is 29.1 Å². The van der Waals surface area contributed by atoms with E-state index in [-0.39, 0.29) is 57.4 Å². The highest BCUT2D eigenvalue weighted by atomic mass is 32.1. The Kier molecular flexibility index (Phi) is 12.9. The standard InChI is InChI=1S/C40H47F6N3O7S/c1-5-11-30-38(56-26-22-31(57-24-26)40(44,45)46,16-10-20-49(30)33(50)32-28(39(41,42)43)13-9-19-47-32)34(51)48(4)21-18-37(54,6-2)27-12-7-8-14-29(27)55-25-15-17-36(3,23-25)35(52)53/h7-9,12-14,19,22,24-25,30,54H,5-6,10-11,15-18,20-21,23H2,1-4H3,(H,52,53)/t25-,30-,36-,37?,38+/m1/s1. The van der Waals surface area contributed by atoms with Crippen LogP contribution in [-0.2, 0) is 27.5 Å². The zero-order valence-electron chi connectivity index (χ0n) is 32.1. The van der Waals surface area contributed by atoms with Crippen LogP contribution in [0.5, 0.6) is 11.5 Å². The average molecular weight is 828 g/mol. The van der Waals surface area contributed by atoms with Gasteiger partial charge in [-0.1, -0.05) is 38.5 Å². The second kappa shape index (κ2) is 16.8.